The van der Waals surface area contributed by atoms with E-state index in [4.69, 9.17) is 0 Å². The van der Waals surface area contributed by atoms with E-state index in [-0.39, 0.29) is 24.1 Å². The minimum absolute atomic E-state index is 0.116. The zero-order chi connectivity index (χ0) is 33.6. The van der Waals surface area contributed by atoms with Gasteiger partial charge in [0.2, 0.25) is 0 Å². The molecule has 6 rings (SSSR count). The second-order valence-corrected chi connectivity index (χ2v) is 13.0. The number of nitrogens with zero attached hydrogens (tertiary/aromatic N) is 4. The van der Waals surface area contributed by atoms with E-state index >= 15 is 0 Å². The van der Waals surface area contributed by atoms with Crippen molar-refractivity contribution in [3.8, 4) is 23.0 Å². The van der Waals surface area contributed by atoms with Gasteiger partial charge in [0.25, 0.3) is 5.56 Å². The smallest absolute Gasteiger partial charge is 0.307 e. The Kier molecular flexibility index (Phi) is 9.98. The van der Waals surface area contributed by atoms with Crippen LogP contribution in [0.4, 0.5) is 16.2 Å². The van der Waals surface area contributed by atoms with Gasteiger partial charge in [0.1, 0.15) is 11.3 Å². The SMILES string of the molecule is CC(C)c1cc(-c2cccc(C#CCN3CCCC3)c2)cc(C(C)C)c1NC(=O)N(Cc1ccncc1)c1cc2cccnc2[nH]c1=O. The van der Waals surface area contributed by atoms with Crippen molar-refractivity contribution in [2.24, 2.45) is 0 Å². The molecule has 0 unspecified atom stereocenters. The number of amides is 2. The molecule has 4 heterocycles. The molecule has 3 aromatic heterocycles. The van der Waals surface area contributed by atoms with Gasteiger partial charge >= 0.3 is 6.03 Å². The van der Waals surface area contributed by atoms with E-state index in [2.05, 4.69) is 101 Å². The lowest BCUT2D eigenvalue weighted by atomic mass is 9.88. The fourth-order valence-corrected chi connectivity index (χ4v) is 6.22. The number of hydrogen-bond acceptors (Lipinski definition) is 5. The molecule has 1 aliphatic rings. The highest BCUT2D eigenvalue weighted by Crippen LogP contribution is 2.38. The minimum atomic E-state index is -0.396. The first kappa shape index (κ1) is 32.7. The number of fused-ring (bicyclic) bond motifs is 1. The van der Waals surface area contributed by atoms with Gasteiger partial charge in [-0.25, -0.2) is 9.78 Å². The van der Waals surface area contributed by atoms with E-state index in [1.165, 1.54) is 17.7 Å². The van der Waals surface area contributed by atoms with Gasteiger partial charge in [-0.2, -0.15) is 0 Å². The first-order valence-electron chi connectivity index (χ1n) is 16.7. The lowest BCUT2D eigenvalue weighted by molar-refractivity contribution is 0.256. The van der Waals surface area contributed by atoms with Crippen LogP contribution in [0.15, 0.2) is 90.1 Å². The Labute approximate surface area is 282 Å². The molecule has 8 nitrogen and oxygen atoms in total. The number of aromatic nitrogens is 3. The number of hydrogen-bond donors (Lipinski definition) is 2. The topological polar surface area (TPSA) is 94.2 Å². The number of likely N-dealkylation sites (tertiary alicyclic amines) is 1. The maximum absolute atomic E-state index is 14.4. The molecule has 1 saturated heterocycles. The summed E-state index contributed by atoms with van der Waals surface area (Å²) in [6.07, 6.45) is 7.50. The maximum Gasteiger partial charge on any atom is 0.326 e. The van der Waals surface area contributed by atoms with E-state index in [1.54, 1.807) is 30.7 Å². The fourth-order valence-electron chi connectivity index (χ4n) is 6.22. The third kappa shape index (κ3) is 7.48. The van der Waals surface area contributed by atoms with Gasteiger partial charge in [-0.3, -0.25) is 19.6 Å². The van der Waals surface area contributed by atoms with Crippen LogP contribution >= 0.6 is 0 Å². The first-order chi connectivity index (χ1) is 23.3. The van der Waals surface area contributed by atoms with Crippen LogP contribution in [-0.4, -0.2) is 45.5 Å². The number of carbonyl (C=O) groups excluding carboxylic acids is 1. The summed E-state index contributed by atoms with van der Waals surface area (Å²) in [7, 11) is 0. The molecule has 5 aromatic rings. The minimum Gasteiger partial charge on any atom is -0.307 e. The van der Waals surface area contributed by atoms with Crippen molar-refractivity contribution in [2.75, 3.05) is 29.9 Å². The van der Waals surface area contributed by atoms with Crippen LogP contribution in [0.1, 0.15) is 74.6 Å². The number of nitrogens with one attached hydrogen (secondary N) is 2. The van der Waals surface area contributed by atoms with Crippen molar-refractivity contribution >= 4 is 28.4 Å². The first-order valence-corrected chi connectivity index (χ1v) is 16.7. The van der Waals surface area contributed by atoms with Gasteiger partial charge in [0.15, 0.2) is 0 Å². The molecular formula is C40H42N6O2. The summed E-state index contributed by atoms with van der Waals surface area (Å²) in [6, 6.07) is 21.4. The number of aromatic amines is 1. The quantitative estimate of drug-likeness (QED) is 0.169. The Hall–Kier alpha value is -5.26. The average molecular weight is 639 g/mol. The van der Waals surface area contributed by atoms with Crippen molar-refractivity contribution in [2.45, 2.75) is 58.9 Å². The van der Waals surface area contributed by atoms with Gasteiger partial charge in [-0.05, 0) is 120 Å². The van der Waals surface area contributed by atoms with Crippen LogP contribution in [0.25, 0.3) is 22.2 Å². The van der Waals surface area contributed by atoms with Crippen LogP contribution in [0, 0.1) is 11.8 Å². The molecule has 2 N–H and O–H groups in total. The Morgan fingerprint density at radius 3 is 2.35 bits per heavy atom. The fraction of sp³-hybridized carbons (Fsp3) is 0.300. The Morgan fingerprint density at radius 2 is 1.65 bits per heavy atom. The van der Waals surface area contributed by atoms with E-state index in [1.807, 2.05) is 18.2 Å². The third-order valence-corrected chi connectivity index (χ3v) is 8.83. The number of urea groups is 1. The predicted octanol–water partition coefficient (Wildman–Crippen LogP) is 7.92. The summed E-state index contributed by atoms with van der Waals surface area (Å²) in [4.78, 5) is 42.9. The largest absolute Gasteiger partial charge is 0.326 e. The highest BCUT2D eigenvalue weighted by Gasteiger charge is 2.24. The standard InChI is InChI=1S/C40H42N6O2/c1-27(2)34-23-33(31-12-7-10-29(22-31)11-9-21-45-19-5-6-20-45)24-35(28(3)4)37(34)43-40(48)46(26-30-14-17-41-18-15-30)36-25-32-13-8-16-42-38(32)44-39(36)47/h7-8,10,12-18,22-25,27-28H,5-6,19-21,26H2,1-4H3,(H,43,48)(H,42,44,47). The molecular weight excluding hydrogens is 596 g/mol. The summed E-state index contributed by atoms with van der Waals surface area (Å²) in [5, 5.41) is 3.99. The number of rotatable bonds is 8. The van der Waals surface area contributed by atoms with Gasteiger partial charge in [0.05, 0.1) is 13.1 Å². The van der Waals surface area contributed by atoms with Crippen molar-refractivity contribution in [1.82, 2.24) is 19.9 Å². The number of H-pyrrole nitrogens is 1. The lowest BCUT2D eigenvalue weighted by Crippen LogP contribution is -2.38. The second-order valence-electron chi connectivity index (χ2n) is 13.0. The van der Waals surface area contributed by atoms with Crippen LogP contribution < -0.4 is 15.8 Å². The van der Waals surface area contributed by atoms with Gasteiger partial charge in [-0.15, -0.1) is 0 Å². The zero-order valence-corrected chi connectivity index (χ0v) is 28.1. The molecule has 8 heteroatoms. The molecule has 0 saturated carbocycles. The average Bonchev–Trinajstić information content (AvgIpc) is 3.61. The number of carbonyl (C=O) groups is 1. The molecule has 244 valence electrons. The number of benzene rings is 2. The van der Waals surface area contributed by atoms with Crippen LogP contribution in [0.3, 0.4) is 0 Å². The summed E-state index contributed by atoms with van der Waals surface area (Å²) < 4.78 is 0. The maximum atomic E-state index is 14.4. The number of anilines is 2. The highest BCUT2D eigenvalue weighted by atomic mass is 16.2. The Bertz CT molecular complexity index is 2010. The lowest BCUT2D eigenvalue weighted by Gasteiger charge is -2.27. The summed E-state index contributed by atoms with van der Waals surface area (Å²) in [5.74, 6) is 6.96. The van der Waals surface area contributed by atoms with Crippen LogP contribution in [0.5, 0.6) is 0 Å². The van der Waals surface area contributed by atoms with E-state index in [9.17, 15) is 9.59 Å². The molecule has 48 heavy (non-hydrogen) atoms. The zero-order valence-electron chi connectivity index (χ0n) is 28.1. The normalized spacial score (nSPS) is 13.1. The number of pyridine rings is 3. The Morgan fingerprint density at radius 1 is 0.917 bits per heavy atom. The molecule has 2 aromatic carbocycles. The molecule has 1 fully saturated rings. The van der Waals surface area contributed by atoms with Crippen molar-refractivity contribution in [3.05, 3.63) is 118 Å². The van der Waals surface area contributed by atoms with Crippen molar-refractivity contribution < 1.29 is 4.79 Å². The Balaban J connectivity index is 1.37. The highest BCUT2D eigenvalue weighted by molar-refractivity contribution is 6.03. The molecule has 0 radical (unpaired) electrons. The molecule has 2 amide bonds. The van der Waals surface area contributed by atoms with Gasteiger partial charge < -0.3 is 10.3 Å². The van der Waals surface area contributed by atoms with Crippen molar-refractivity contribution in [3.63, 3.8) is 0 Å². The third-order valence-electron chi connectivity index (χ3n) is 8.83. The molecule has 0 atom stereocenters. The van der Waals surface area contributed by atoms with E-state index in [0.29, 0.717) is 5.65 Å². The summed E-state index contributed by atoms with van der Waals surface area (Å²) in [6.45, 7) is 11.8. The van der Waals surface area contributed by atoms with Gasteiger partial charge in [-0.1, -0.05) is 51.7 Å². The summed E-state index contributed by atoms with van der Waals surface area (Å²) >= 11 is 0. The molecule has 0 spiro atoms. The van der Waals surface area contributed by atoms with Crippen LogP contribution in [0.2, 0.25) is 0 Å². The monoisotopic (exact) mass is 638 g/mol. The van der Waals surface area contributed by atoms with Crippen molar-refractivity contribution in [1.29, 1.82) is 0 Å². The van der Waals surface area contributed by atoms with E-state index in [0.717, 1.165) is 64.1 Å². The van der Waals surface area contributed by atoms with E-state index < -0.39 is 11.6 Å². The van der Waals surface area contributed by atoms with Crippen LogP contribution in [-0.2, 0) is 6.54 Å². The predicted molar refractivity (Wildman–Crippen MR) is 194 cm³/mol. The van der Waals surface area contributed by atoms with Gasteiger partial charge in [0, 0.05) is 35.2 Å². The molecule has 0 bridgehead atoms. The molecule has 0 aliphatic carbocycles. The second kappa shape index (κ2) is 14.7. The summed E-state index contributed by atoms with van der Waals surface area (Å²) in [5.41, 5.74) is 7.13. The molecule has 1 aliphatic heterocycles.